The number of nitrogens with one attached hydrogen (secondary N) is 1. The quantitative estimate of drug-likeness (QED) is 0.718. The van der Waals surface area contributed by atoms with Crippen molar-refractivity contribution in [1.29, 1.82) is 0 Å². The van der Waals surface area contributed by atoms with Gasteiger partial charge in [-0.2, -0.15) is 5.10 Å². The maximum absolute atomic E-state index is 12.2. The highest BCUT2D eigenvalue weighted by atomic mass is 32.2. The van der Waals surface area contributed by atoms with E-state index in [1.165, 1.54) is 25.3 Å². The molecule has 1 aromatic carbocycles. The van der Waals surface area contributed by atoms with Crippen LogP contribution >= 0.6 is 0 Å². The molecule has 8 nitrogen and oxygen atoms in total. The summed E-state index contributed by atoms with van der Waals surface area (Å²) in [6, 6.07) is 5.00. The van der Waals surface area contributed by atoms with Crippen LogP contribution in [0.5, 0.6) is 5.75 Å². The number of ether oxygens (including phenoxy) is 1. The van der Waals surface area contributed by atoms with E-state index in [-0.39, 0.29) is 23.0 Å². The zero-order valence-electron chi connectivity index (χ0n) is 13.2. The molecule has 138 valence electrons. The molecule has 2 aromatic heterocycles. The highest BCUT2D eigenvalue weighted by molar-refractivity contribution is 7.89. The predicted octanol–water partition coefficient (Wildman–Crippen LogP) is 2.67. The molecule has 0 bridgehead atoms. The Morgan fingerprint density at radius 1 is 1.19 bits per heavy atom. The number of hydrogen-bond donors (Lipinski definition) is 1. The summed E-state index contributed by atoms with van der Waals surface area (Å²) in [5.41, 5.74) is 0.520. The van der Waals surface area contributed by atoms with Gasteiger partial charge >= 0.3 is 6.36 Å². The Balaban J connectivity index is 1.90. The topological polar surface area (TPSA) is 99.0 Å². The largest absolute Gasteiger partial charge is 0.573 e. The van der Waals surface area contributed by atoms with E-state index in [4.69, 9.17) is 0 Å². The molecule has 0 saturated heterocycles. The molecule has 0 atom stereocenters. The fraction of sp³-hybridized carbons (Fsp3) is 0.214. The first-order valence-electron chi connectivity index (χ1n) is 7.24. The van der Waals surface area contributed by atoms with Gasteiger partial charge in [0.05, 0.1) is 17.3 Å². The first kappa shape index (κ1) is 17.9. The van der Waals surface area contributed by atoms with E-state index in [1.807, 2.05) is 0 Å². The third-order valence-electron chi connectivity index (χ3n) is 3.31. The second-order valence-corrected chi connectivity index (χ2v) is 7.13. The zero-order chi connectivity index (χ0) is 18.9. The van der Waals surface area contributed by atoms with Gasteiger partial charge in [-0.15, -0.1) is 17.3 Å². The lowest BCUT2D eigenvalue weighted by Crippen LogP contribution is -2.17. The van der Waals surface area contributed by atoms with Crippen molar-refractivity contribution in [2.75, 3.05) is 11.1 Å². The zero-order valence-corrected chi connectivity index (χ0v) is 14.0. The van der Waals surface area contributed by atoms with Crippen molar-refractivity contribution in [2.45, 2.75) is 13.3 Å². The van der Waals surface area contributed by atoms with Gasteiger partial charge in [-0.05, 0) is 31.2 Å². The van der Waals surface area contributed by atoms with E-state index in [1.54, 1.807) is 0 Å². The van der Waals surface area contributed by atoms with Crippen molar-refractivity contribution in [1.82, 2.24) is 19.2 Å². The standard InChI is InChI=1S/C14H12F3N5O3S/c1-2-26(23,24)22-13-11(7-20-22)12(18-8-19-13)21-9-3-5-10(6-4-9)25-14(15,16)17/h3-8H,2H2,1H3,(H,18,19,21). The predicted molar refractivity (Wildman–Crippen MR) is 86.6 cm³/mol. The summed E-state index contributed by atoms with van der Waals surface area (Å²) in [4.78, 5) is 7.96. The molecule has 0 radical (unpaired) electrons. The minimum Gasteiger partial charge on any atom is -0.406 e. The van der Waals surface area contributed by atoms with Gasteiger partial charge < -0.3 is 10.1 Å². The molecule has 3 aromatic rings. The molecule has 2 heterocycles. The van der Waals surface area contributed by atoms with Crippen molar-refractivity contribution < 1.29 is 26.3 Å². The lowest BCUT2D eigenvalue weighted by atomic mass is 10.3. The Morgan fingerprint density at radius 3 is 2.50 bits per heavy atom. The highest BCUT2D eigenvalue weighted by Gasteiger charge is 2.31. The van der Waals surface area contributed by atoms with Gasteiger partial charge in [0.2, 0.25) is 0 Å². The summed E-state index contributed by atoms with van der Waals surface area (Å²) in [7, 11) is -3.63. The number of rotatable bonds is 5. The molecule has 3 rings (SSSR count). The van der Waals surface area contributed by atoms with Gasteiger partial charge in [-0.1, -0.05) is 0 Å². The number of aromatic nitrogens is 4. The van der Waals surface area contributed by atoms with Crippen LogP contribution in [-0.4, -0.2) is 39.7 Å². The lowest BCUT2D eigenvalue weighted by Gasteiger charge is -2.10. The van der Waals surface area contributed by atoms with Crippen LogP contribution in [0.15, 0.2) is 36.8 Å². The van der Waals surface area contributed by atoms with E-state index in [2.05, 4.69) is 25.1 Å². The molecular weight excluding hydrogens is 375 g/mol. The lowest BCUT2D eigenvalue weighted by molar-refractivity contribution is -0.274. The normalized spacial score (nSPS) is 12.3. The van der Waals surface area contributed by atoms with E-state index in [0.29, 0.717) is 11.1 Å². The molecule has 0 fully saturated rings. The van der Waals surface area contributed by atoms with Gasteiger partial charge in [0.25, 0.3) is 10.0 Å². The van der Waals surface area contributed by atoms with Crippen molar-refractivity contribution >= 4 is 32.6 Å². The fourth-order valence-electron chi connectivity index (χ4n) is 2.12. The van der Waals surface area contributed by atoms with Crippen LogP contribution in [-0.2, 0) is 10.0 Å². The van der Waals surface area contributed by atoms with Crippen LogP contribution in [0.2, 0.25) is 0 Å². The summed E-state index contributed by atoms with van der Waals surface area (Å²) in [6.07, 6.45) is -2.31. The first-order valence-corrected chi connectivity index (χ1v) is 8.85. The average molecular weight is 387 g/mol. The van der Waals surface area contributed by atoms with Gasteiger partial charge in [0.15, 0.2) is 5.65 Å². The second-order valence-electron chi connectivity index (χ2n) is 5.04. The van der Waals surface area contributed by atoms with E-state index in [9.17, 15) is 21.6 Å². The van der Waals surface area contributed by atoms with Gasteiger partial charge in [-0.25, -0.2) is 18.4 Å². The molecule has 26 heavy (non-hydrogen) atoms. The summed E-state index contributed by atoms with van der Waals surface area (Å²) in [6.45, 7) is 1.48. The van der Waals surface area contributed by atoms with E-state index >= 15 is 0 Å². The SMILES string of the molecule is CCS(=O)(=O)n1ncc2c(Nc3ccc(OC(F)(F)F)cc3)ncnc21. The van der Waals surface area contributed by atoms with Crippen LogP contribution in [0, 0.1) is 0 Å². The third-order valence-corrected chi connectivity index (χ3v) is 4.84. The Kier molecular flexibility index (Phi) is 4.44. The van der Waals surface area contributed by atoms with Gasteiger partial charge in [-0.3, -0.25) is 0 Å². The minimum absolute atomic E-state index is 0.0985. The first-order chi connectivity index (χ1) is 12.2. The Labute approximate surface area is 145 Å². The Morgan fingerprint density at radius 2 is 1.88 bits per heavy atom. The summed E-state index contributed by atoms with van der Waals surface area (Å²) >= 11 is 0. The monoisotopic (exact) mass is 387 g/mol. The highest BCUT2D eigenvalue weighted by Crippen LogP contribution is 2.27. The summed E-state index contributed by atoms with van der Waals surface area (Å²) in [5.74, 6) is -0.258. The third kappa shape index (κ3) is 3.69. The molecule has 0 unspecified atom stereocenters. The number of halogens is 3. The molecule has 0 aliphatic heterocycles. The number of nitrogens with zero attached hydrogens (tertiary/aromatic N) is 4. The number of anilines is 2. The number of benzene rings is 1. The summed E-state index contributed by atoms with van der Waals surface area (Å²) < 4.78 is 65.2. The minimum atomic E-state index is -4.77. The number of alkyl halides is 3. The molecule has 0 saturated carbocycles. The van der Waals surface area contributed by atoms with Crippen molar-refractivity contribution in [3.8, 4) is 5.75 Å². The van der Waals surface area contributed by atoms with E-state index in [0.717, 1.165) is 22.5 Å². The van der Waals surface area contributed by atoms with Gasteiger partial charge in [0.1, 0.15) is 17.9 Å². The molecule has 0 aliphatic carbocycles. The van der Waals surface area contributed by atoms with E-state index < -0.39 is 16.4 Å². The van der Waals surface area contributed by atoms with Crippen molar-refractivity contribution in [3.63, 3.8) is 0 Å². The van der Waals surface area contributed by atoms with Crippen molar-refractivity contribution in [3.05, 3.63) is 36.8 Å². The Hall–Kier alpha value is -2.89. The molecule has 12 heteroatoms. The van der Waals surface area contributed by atoms with Crippen LogP contribution in [0.4, 0.5) is 24.7 Å². The second kappa shape index (κ2) is 6.44. The van der Waals surface area contributed by atoms with Gasteiger partial charge in [0, 0.05) is 5.69 Å². The van der Waals surface area contributed by atoms with Crippen LogP contribution in [0.3, 0.4) is 0 Å². The maximum atomic E-state index is 12.2. The smallest absolute Gasteiger partial charge is 0.406 e. The fourth-order valence-corrected chi connectivity index (χ4v) is 2.97. The van der Waals surface area contributed by atoms with Crippen molar-refractivity contribution in [2.24, 2.45) is 0 Å². The molecular formula is C14H12F3N5O3S. The maximum Gasteiger partial charge on any atom is 0.573 e. The molecule has 0 spiro atoms. The summed E-state index contributed by atoms with van der Waals surface area (Å²) in [5, 5.41) is 7.07. The molecule has 0 amide bonds. The number of fused-ring (bicyclic) bond motifs is 1. The molecule has 1 N–H and O–H groups in total. The average Bonchev–Trinajstić information content (AvgIpc) is 3.01. The number of hydrogen-bond acceptors (Lipinski definition) is 7. The Bertz CT molecular complexity index is 1030. The van der Waals surface area contributed by atoms with Crippen LogP contribution < -0.4 is 10.1 Å². The van der Waals surface area contributed by atoms with Crippen LogP contribution in [0.25, 0.3) is 11.0 Å². The molecule has 0 aliphatic rings. The van der Waals surface area contributed by atoms with Crippen LogP contribution in [0.1, 0.15) is 6.92 Å².